The van der Waals surface area contributed by atoms with E-state index in [9.17, 15) is 0 Å². The largest absolute Gasteiger partial charge is 0.494 e. The highest BCUT2D eigenvalue weighted by Crippen LogP contribution is 2.24. The first-order valence-corrected chi connectivity index (χ1v) is 7.94. The SMILES string of the molecule is CCOc1ccccc1C(N)CN(C)CC1CCN(C)C1. The first-order chi connectivity index (χ1) is 10.1. The van der Waals surface area contributed by atoms with Gasteiger partial charge in [-0.3, -0.25) is 0 Å². The van der Waals surface area contributed by atoms with Gasteiger partial charge < -0.3 is 20.3 Å². The Morgan fingerprint density at radius 3 is 2.86 bits per heavy atom. The molecule has 4 nitrogen and oxygen atoms in total. The first-order valence-electron chi connectivity index (χ1n) is 7.94. The topological polar surface area (TPSA) is 41.7 Å². The van der Waals surface area contributed by atoms with E-state index < -0.39 is 0 Å². The molecule has 0 radical (unpaired) electrons. The van der Waals surface area contributed by atoms with Gasteiger partial charge in [0.15, 0.2) is 0 Å². The van der Waals surface area contributed by atoms with E-state index in [1.807, 2.05) is 25.1 Å². The Morgan fingerprint density at radius 1 is 1.43 bits per heavy atom. The average Bonchev–Trinajstić information content (AvgIpc) is 2.84. The third-order valence-corrected chi connectivity index (χ3v) is 4.19. The van der Waals surface area contributed by atoms with Gasteiger partial charge in [-0.1, -0.05) is 18.2 Å². The van der Waals surface area contributed by atoms with E-state index >= 15 is 0 Å². The van der Waals surface area contributed by atoms with Crippen LogP contribution in [0.2, 0.25) is 0 Å². The maximum atomic E-state index is 6.40. The molecule has 2 unspecified atom stereocenters. The van der Waals surface area contributed by atoms with Gasteiger partial charge >= 0.3 is 0 Å². The van der Waals surface area contributed by atoms with E-state index in [1.54, 1.807) is 0 Å². The number of likely N-dealkylation sites (N-methyl/N-ethyl adjacent to an activating group) is 1. The molecule has 0 aromatic heterocycles. The lowest BCUT2D eigenvalue weighted by atomic mass is 10.0. The molecule has 2 atom stereocenters. The van der Waals surface area contributed by atoms with E-state index in [4.69, 9.17) is 10.5 Å². The van der Waals surface area contributed by atoms with Gasteiger partial charge in [-0.05, 0) is 46.0 Å². The van der Waals surface area contributed by atoms with Crippen molar-refractivity contribution in [2.24, 2.45) is 11.7 Å². The molecule has 0 amide bonds. The zero-order chi connectivity index (χ0) is 15.2. The van der Waals surface area contributed by atoms with Crippen molar-refractivity contribution in [2.45, 2.75) is 19.4 Å². The monoisotopic (exact) mass is 291 g/mol. The average molecular weight is 291 g/mol. The number of hydrogen-bond donors (Lipinski definition) is 1. The van der Waals surface area contributed by atoms with Gasteiger partial charge in [0.2, 0.25) is 0 Å². The molecule has 1 aliphatic heterocycles. The van der Waals surface area contributed by atoms with Crippen LogP contribution in [-0.2, 0) is 0 Å². The standard InChI is InChI=1S/C17H29N3O/c1-4-21-17-8-6-5-7-15(17)16(18)13-20(3)12-14-9-10-19(2)11-14/h5-8,14,16H,4,9-13,18H2,1-3H3. The summed E-state index contributed by atoms with van der Waals surface area (Å²) in [7, 11) is 4.37. The molecule has 0 bridgehead atoms. The number of nitrogens with zero attached hydrogens (tertiary/aromatic N) is 2. The van der Waals surface area contributed by atoms with Crippen LogP contribution >= 0.6 is 0 Å². The second kappa shape index (κ2) is 7.78. The molecule has 4 heteroatoms. The van der Waals surface area contributed by atoms with Crippen molar-refractivity contribution in [1.29, 1.82) is 0 Å². The zero-order valence-corrected chi connectivity index (χ0v) is 13.6. The molecule has 1 fully saturated rings. The van der Waals surface area contributed by atoms with E-state index in [1.165, 1.54) is 19.5 Å². The van der Waals surface area contributed by atoms with E-state index in [0.717, 1.165) is 30.3 Å². The van der Waals surface area contributed by atoms with Crippen LogP contribution in [0.15, 0.2) is 24.3 Å². The van der Waals surface area contributed by atoms with Gasteiger partial charge in [0, 0.05) is 31.2 Å². The van der Waals surface area contributed by atoms with Crippen LogP contribution in [-0.4, -0.2) is 56.7 Å². The molecule has 1 aromatic carbocycles. The minimum atomic E-state index is -0.00289. The summed E-state index contributed by atoms with van der Waals surface area (Å²) in [5.41, 5.74) is 7.50. The lowest BCUT2D eigenvalue weighted by Gasteiger charge is -2.25. The molecule has 21 heavy (non-hydrogen) atoms. The van der Waals surface area contributed by atoms with Gasteiger partial charge in [-0.25, -0.2) is 0 Å². The van der Waals surface area contributed by atoms with Crippen molar-refractivity contribution in [3.8, 4) is 5.75 Å². The lowest BCUT2D eigenvalue weighted by molar-refractivity contribution is 0.257. The van der Waals surface area contributed by atoms with Crippen molar-refractivity contribution < 1.29 is 4.74 Å². The molecule has 1 heterocycles. The van der Waals surface area contributed by atoms with Gasteiger partial charge in [0.25, 0.3) is 0 Å². The summed E-state index contributed by atoms with van der Waals surface area (Å²) in [4.78, 5) is 4.76. The fourth-order valence-corrected chi connectivity index (χ4v) is 3.20. The summed E-state index contributed by atoms with van der Waals surface area (Å²) in [6.07, 6.45) is 1.30. The van der Waals surface area contributed by atoms with E-state index in [2.05, 4.69) is 30.0 Å². The second-order valence-electron chi connectivity index (χ2n) is 6.22. The number of para-hydroxylation sites is 1. The number of ether oxygens (including phenoxy) is 1. The van der Waals surface area contributed by atoms with E-state index in [-0.39, 0.29) is 6.04 Å². The van der Waals surface area contributed by atoms with Crippen LogP contribution in [0.1, 0.15) is 24.9 Å². The van der Waals surface area contributed by atoms with Gasteiger partial charge in [0.05, 0.1) is 6.61 Å². The van der Waals surface area contributed by atoms with Crippen molar-refractivity contribution in [1.82, 2.24) is 9.80 Å². The van der Waals surface area contributed by atoms with Crippen LogP contribution in [0.5, 0.6) is 5.75 Å². The third-order valence-electron chi connectivity index (χ3n) is 4.19. The fourth-order valence-electron chi connectivity index (χ4n) is 3.20. The van der Waals surface area contributed by atoms with Crippen LogP contribution in [0, 0.1) is 5.92 Å². The summed E-state index contributed by atoms with van der Waals surface area (Å²) in [5.74, 6) is 1.69. The number of benzene rings is 1. The molecule has 0 spiro atoms. The minimum Gasteiger partial charge on any atom is -0.494 e. The maximum absolute atomic E-state index is 6.40. The molecule has 118 valence electrons. The Kier molecular flexibility index (Phi) is 6.03. The van der Waals surface area contributed by atoms with Crippen molar-refractivity contribution >= 4 is 0 Å². The maximum Gasteiger partial charge on any atom is 0.124 e. The zero-order valence-electron chi connectivity index (χ0n) is 13.6. The van der Waals surface area contributed by atoms with Crippen molar-refractivity contribution in [2.75, 3.05) is 46.9 Å². The summed E-state index contributed by atoms with van der Waals surface area (Å²) < 4.78 is 5.68. The summed E-state index contributed by atoms with van der Waals surface area (Å²) in [5, 5.41) is 0. The Hall–Kier alpha value is -1.10. The molecule has 1 aromatic rings. The van der Waals surface area contributed by atoms with Crippen molar-refractivity contribution in [3.05, 3.63) is 29.8 Å². The van der Waals surface area contributed by atoms with Crippen LogP contribution in [0.25, 0.3) is 0 Å². The quantitative estimate of drug-likeness (QED) is 0.834. The van der Waals surface area contributed by atoms with Crippen LogP contribution < -0.4 is 10.5 Å². The predicted molar refractivity (Wildman–Crippen MR) is 87.6 cm³/mol. The number of hydrogen-bond acceptors (Lipinski definition) is 4. The molecule has 0 aliphatic carbocycles. The van der Waals surface area contributed by atoms with Gasteiger partial charge in [-0.2, -0.15) is 0 Å². The number of rotatable bonds is 7. The minimum absolute atomic E-state index is 0.00289. The highest BCUT2D eigenvalue weighted by molar-refractivity contribution is 5.35. The van der Waals surface area contributed by atoms with Crippen LogP contribution in [0.3, 0.4) is 0 Å². The first kappa shape index (κ1) is 16.3. The molecule has 2 N–H and O–H groups in total. The number of likely N-dealkylation sites (tertiary alicyclic amines) is 1. The molecule has 0 saturated carbocycles. The van der Waals surface area contributed by atoms with E-state index in [0.29, 0.717) is 6.61 Å². The Bertz CT molecular complexity index is 438. The predicted octanol–water partition coefficient (Wildman–Crippen LogP) is 1.97. The van der Waals surface area contributed by atoms with Gasteiger partial charge in [0.1, 0.15) is 5.75 Å². The Labute approximate surface area is 128 Å². The molecule has 1 saturated heterocycles. The van der Waals surface area contributed by atoms with Crippen LogP contribution in [0.4, 0.5) is 0 Å². The normalized spacial score (nSPS) is 20.9. The molecular weight excluding hydrogens is 262 g/mol. The number of nitrogens with two attached hydrogens (primary N) is 1. The summed E-state index contributed by atoms with van der Waals surface area (Å²) in [6.45, 7) is 7.09. The summed E-state index contributed by atoms with van der Waals surface area (Å²) in [6, 6.07) is 8.11. The lowest BCUT2D eigenvalue weighted by Crippen LogP contribution is -2.33. The Morgan fingerprint density at radius 2 is 2.19 bits per heavy atom. The smallest absolute Gasteiger partial charge is 0.124 e. The Balaban J connectivity index is 1.89. The molecular formula is C17H29N3O. The van der Waals surface area contributed by atoms with Gasteiger partial charge in [-0.15, -0.1) is 0 Å². The van der Waals surface area contributed by atoms with Crippen molar-refractivity contribution in [3.63, 3.8) is 0 Å². The molecule has 1 aliphatic rings. The third kappa shape index (κ3) is 4.70. The fraction of sp³-hybridized carbons (Fsp3) is 0.647. The second-order valence-corrected chi connectivity index (χ2v) is 6.22. The molecule has 2 rings (SSSR count). The highest BCUT2D eigenvalue weighted by Gasteiger charge is 2.22. The highest BCUT2D eigenvalue weighted by atomic mass is 16.5. The summed E-state index contributed by atoms with van der Waals surface area (Å²) >= 11 is 0.